The summed E-state index contributed by atoms with van der Waals surface area (Å²) in [5, 5.41) is 1.92. The summed E-state index contributed by atoms with van der Waals surface area (Å²) in [6.07, 6.45) is 0. The van der Waals surface area contributed by atoms with Gasteiger partial charge in [-0.25, -0.2) is 0 Å². The highest BCUT2D eigenvalue weighted by Crippen LogP contribution is 2.37. The van der Waals surface area contributed by atoms with E-state index in [4.69, 9.17) is 4.74 Å². The van der Waals surface area contributed by atoms with Gasteiger partial charge in [0.25, 0.3) is 11.8 Å². The molecule has 2 aromatic rings. The van der Waals surface area contributed by atoms with Crippen LogP contribution in [-0.2, 0) is 9.59 Å². The van der Waals surface area contributed by atoms with Crippen LogP contribution < -0.4 is 4.74 Å². The largest absolute Gasteiger partial charge is 0.492 e. The highest BCUT2D eigenvalue weighted by Gasteiger charge is 2.39. The van der Waals surface area contributed by atoms with E-state index in [2.05, 4.69) is 6.07 Å². The van der Waals surface area contributed by atoms with Crippen LogP contribution in [0, 0.1) is 13.8 Å². The van der Waals surface area contributed by atoms with E-state index >= 15 is 0 Å². The van der Waals surface area contributed by atoms with Gasteiger partial charge in [0.1, 0.15) is 12.4 Å². The third kappa shape index (κ3) is 3.86. The van der Waals surface area contributed by atoms with Crippen LogP contribution in [0.1, 0.15) is 22.9 Å². The van der Waals surface area contributed by atoms with Gasteiger partial charge in [-0.05, 0) is 54.3 Å². The monoisotopic (exact) mass is 387 g/mol. The highest BCUT2D eigenvalue weighted by atomic mass is 32.2. The van der Waals surface area contributed by atoms with Gasteiger partial charge < -0.3 is 4.74 Å². The topological polar surface area (TPSA) is 46.6 Å². The van der Waals surface area contributed by atoms with Crippen molar-refractivity contribution in [2.24, 2.45) is 0 Å². The third-order valence-electron chi connectivity index (χ3n) is 3.96. The Bertz CT molecular complexity index is 836. The number of carbonyl (C=O) groups is 2. The van der Waals surface area contributed by atoms with E-state index in [0.29, 0.717) is 10.5 Å². The molecule has 0 fully saturated rings. The lowest BCUT2D eigenvalue weighted by Crippen LogP contribution is -2.35. The number of hydrogen-bond donors (Lipinski definition) is 0. The van der Waals surface area contributed by atoms with Crippen molar-refractivity contribution in [1.29, 1.82) is 0 Å². The Morgan fingerprint density at radius 2 is 1.85 bits per heavy atom. The zero-order chi connectivity index (χ0) is 18.7. The molecule has 0 N–H and O–H groups in total. The minimum atomic E-state index is -0.225. The van der Waals surface area contributed by atoms with E-state index in [1.165, 1.54) is 28.0 Å². The fourth-order valence-electron chi connectivity index (χ4n) is 2.94. The molecule has 0 spiro atoms. The van der Waals surface area contributed by atoms with E-state index in [9.17, 15) is 9.59 Å². The van der Waals surface area contributed by atoms with Gasteiger partial charge in [-0.2, -0.15) is 0 Å². The van der Waals surface area contributed by atoms with Gasteiger partial charge in [0.05, 0.1) is 17.0 Å². The number of rotatable bonds is 7. The minimum Gasteiger partial charge on any atom is -0.492 e. The van der Waals surface area contributed by atoms with Crippen molar-refractivity contribution >= 4 is 40.5 Å². The quantitative estimate of drug-likeness (QED) is 0.666. The van der Waals surface area contributed by atoms with Crippen LogP contribution in [0.25, 0.3) is 5.57 Å². The molecule has 0 radical (unpaired) electrons. The molecule has 1 aliphatic heterocycles. The number of thiophene rings is 1. The van der Waals surface area contributed by atoms with Gasteiger partial charge in [-0.3, -0.25) is 14.5 Å². The Hall–Kier alpha value is -2.05. The van der Waals surface area contributed by atoms with Crippen molar-refractivity contribution in [2.75, 3.05) is 18.9 Å². The number of ether oxygens (including phenoxy) is 1. The Morgan fingerprint density at radius 3 is 2.46 bits per heavy atom. The lowest BCUT2D eigenvalue weighted by atomic mass is 10.1. The summed E-state index contributed by atoms with van der Waals surface area (Å²) in [4.78, 5) is 28.3. The summed E-state index contributed by atoms with van der Waals surface area (Å²) in [6.45, 7) is 6.53. The smallest absolute Gasteiger partial charge is 0.268 e. The molecule has 0 saturated carbocycles. The number of carbonyl (C=O) groups excluding carboxylic acids is 2. The second-order valence-electron chi connectivity index (χ2n) is 6.05. The van der Waals surface area contributed by atoms with Crippen molar-refractivity contribution in [1.82, 2.24) is 4.90 Å². The van der Waals surface area contributed by atoms with Crippen molar-refractivity contribution < 1.29 is 14.3 Å². The third-order valence-corrected chi connectivity index (χ3v) is 5.80. The summed E-state index contributed by atoms with van der Waals surface area (Å²) < 4.78 is 5.78. The molecule has 0 aliphatic carbocycles. The normalized spacial score (nSPS) is 14.5. The molecular weight excluding hydrogens is 366 g/mol. The van der Waals surface area contributed by atoms with Crippen LogP contribution in [-0.4, -0.2) is 35.6 Å². The summed E-state index contributed by atoms with van der Waals surface area (Å²) in [5.74, 6) is 1.07. The first-order valence-electron chi connectivity index (χ1n) is 8.49. The predicted octanol–water partition coefficient (Wildman–Crippen LogP) is 4.28. The minimum absolute atomic E-state index is 0.214. The van der Waals surface area contributed by atoms with E-state index < -0.39 is 0 Å². The first-order chi connectivity index (χ1) is 12.5. The van der Waals surface area contributed by atoms with Crippen LogP contribution in [0.2, 0.25) is 0 Å². The summed E-state index contributed by atoms with van der Waals surface area (Å²) in [5.41, 5.74) is 2.77. The molecule has 26 heavy (non-hydrogen) atoms. The fraction of sp³-hybridized carbons (Fsp3) is 0.300. The predicted molar refractivity (Wildman–Crippen MR) is 108 cm³/mol. The molecule has 0 saturated heterocycles. The van der Waals surface area contributed by atoms with Crippen molar-refractivity contribution in [2.45, 2.75) is 20.8 Å². The number of thioether (sulfide) groups is 1. The molecule has 2 amide bonds. The molecule has 4 nitrogen and oxygen atoms in total. The Balaban J connectivity index is 1.71. The van der Waals surface area contributed by atoms with Crippen LogP contribution in [0.5, 0.6) is 5.75 Å². The SMILES string of the molecule is CCSC1=C(c2cccs2)C(=O)N(CCOc2cc(C)cc(C)c2)C1=O. The van der Waals surface area contributed by atoms with Gasteiger partial charge in [-0.1, -0.05) is 19.1 Å². The van der Waals surface area contributed by atoms with Crippen LogP contribution >= 0.6 is 23.1 Å². The van der Waals surface area contributed by atoms with Crippen LogP contribution in [0.15, 0.2) is 40.6 Å². The number of amides is 2. The molecular formula is C20H21NO3S2. The molecule has 3 rings (SSSR count). The molecule has 6 heteroatoms. The highest BCUT2D eigenvalue weighted by molar-refractivity contribution is 8.04. The Morgan fingerprint density at radius 1 is 1.12 bits per heavy atom. The van der Waals surface area contributed by atoms with E-state index in [1.54, 1.807) is 0 Å². The maximum absolute atomic E-state index is 12.8. The van der Waals surface area contributed by atoms with Gasteiger partial charge in [0.15, 0.2) is 0 Å². The van der Waals surface area contributed by atoms with Gasteiger partial charge >= 0.3 is 0 Å². The van der Waals surface area contributed by atoms with Gasteiger partial charge in [-0.15, -0.1) is 23.1 Å². The number of aryl methyl sites for hydroxylation is 2. The Labute approximate surface area is 161 Å². The fourth-order valence-corrected chi connectivity index (χ4v) is 4.64. The van der Waals surface area contributed by atoms with Crippen LogP contribution in [0.4, 0.5) is 0 Å². The molecule has 136 valence electrons. The molecule has 0 bridgehead atoms. The van der Waals surface area contributed by atoms with E-state index in [1.807, 2.05) is 50.4 Å². The number of nitrogens with zero attached hydrogens (tertiary/aromatic N) is 1. The van der Waals surface area contributed by atoms with E-state index in [-0.39, 0.29) is 25.0 Å². The maximum Gasteiger partial charge on any atom is 0.268 e. The van der Waals surface area contributed by atoms with E-state index in [0.717, 1.165) is 27.5 Å². The summed E-state index contributed by atoms with van der Waals surface area (Å²) >= 11 is 2.91. The zero-order valence-corrected chi connectivity index (χ0v) is 16.7. The van der Waals surface area contributed by atoms with Crippen molar-refractivity contribution in [3.05, 3.63) is 56.6 Å². The summed E-state index contributed by atoms with van der Waals surface area (Å²) in [7, 11) is 0. The average Bonchev–Trinajstić information content (AvgIpc) is 3.17. The average molecular weight is 388 g/mol. The number of benzene rings is 1. The van der Waals surface area contributed by atoms with Crippen LogP contribution in [0.3, 0.4) is 0 Å². The Kier molecular flexibility index (Phi) is 5.84. The second-order valence-corrected chi connectivity index (χ2v) is 8.27. The molecule has 0 unspecified atom stereocenters. The summed E-state index contributed by atoms with van der Waals surface area (Å²) in [6, 6.07) is 9.76. The van der Waals surface area contributed by atoms with Crippen molar-refractivity contribution in [3.63, 3.8) is 0 Å². The lowest BCUT2D eigenvalue weighted by molar-refractivity contribution is -0.136. The first kappa shape index (κ1) is 18.7. The molecule has 1 aliphatic rings. The van der Waals surface area contributed by atoms with Gasteiger partial charge in [0.2, 0.25) is 0 Å². The van der Waals surface area contributed by atoms with Gasteiger partial charge in [0, 0.05) is 4.88 Å². The molecule has 0 atom stereocenters. The lowest BCUT2D eigenvalue weighted by Gasteiger charge is -2.16. The zero-order valence-electron chi connectivity index (χ0n) is 15.1. The second kappa shape index (κ2) is 8.10. The molecule has 2 heterocycles. The number of imide groups is 1. The molecule has 1 aromatic heterocycles. The number of hydrogen-bond acceptors (Lipinski definition) is 5. The first-order valence-corrected chi connectivity index (χ1v) is 10.4. The van der Waals surface area contributed by atoms with Crippen molar-refractivity contribution in [3.8, 4) is 5.75 Å². The maximum atomic E-state index is 12.8. The standard InChI is InChI=1S/C20H21NO3S2/c1-4-25-18-17(16-6-5-9-26-16)19(22)21(20(18)23)7-8-24-15-11-13(2)10-14(3)12-15/h5-6,9-12H,4,7-8H2,1-3H3. The molecule has 1 aromatic carbocycles.